The molecule has 1 aromatic rings. The summed E-state index contributed by atoms with van der Waals surface area (Å²) >= 11 is 0. The summed E-state index contributed by atoms with van der Waals surface area (Å²) in [5.74, 6) is -0.403. The second kappa shape index (κ2) is 8.83. The number of hydrogen-bond donors (Lipinski definition) is 1. The van der Waals surface area contributed by atoms with E-state index in [0.717, 1.165) is 5.56 Å². The highest BCUT2D eigenvalue weighted by molar-refractivity contribution is 5.89. The van der Waals surface area contributed by atoms with Crippen LogP contribution in [0.3, 0.4) is 0 Å². The number of amides is 3. The highest BCUT2D eigenvalue weighted by Crippen LogP contribution is 2.21. The Morgan fingerprint density at radius 1 is 1.33 bits per heavy atom. The predicted octanol–water partition coefficient (Wildman–Crippen LogP) is 1.17. The first-order valence-electron chi connectivity index (χ1n) is 9.45. The SMILES string of the molecule is CCOC(=O)N1CCC(NC(=O)C2CC(=O)N(Cc3cccnc3)C2)CC1. The van der Waals surface area contributed by atoms with E-state index in [1.165, 1.54) is 0 Å². The molecule has 8 nitrogen and oxygen atoms in total. The van der Waals surface area contributed by atoms with E-state index < -0.39 is 0 Å². The summed E-state index contributed by atoms with van der Waals surface area (Å²) in [6.07, 6.45) is 4.77. The Hall–Kier alpha value is -2.64. The molecule has 1 N–H and O–H groups in total. The molecule has 8 heteroatoms. The van der Waals surface area contributed by atoms with Crippen molar-refractivity contribution in [2.24, 2.45) is 5.92 Å². The second-order valence-electron chi connectivity index (χ2n) is 7.01. The van der Waals surface area contributed by atoms with Gasteiger partial charge in [-0.05, 0) is 31.4 Å². The maximum Gasteiger partial charge on any atom is 0.409 e. The number of likely N-dealkylation sites (tertiary alicyclic amines) is 2. The number of rotatable bonds is 5. The van der Waals surface area contributed by atoms with Crippen molar-refractivity contribution >= 4 is 17.9 Å². The number of pyridine rings is 1. The number of ether oxygens (including phenoxy) is 1. The summed E-state index contributed by atoms with van der Waals surface area (Å²) in [6.45, 7) is 4.20. The zero-order chi connectivity index (χ0) is 19.2. The van der Waals surface area contributed by atoms with Crippen LogP contribution in [0, 0.1) is 5.92 Å². The minimum Gasteiger partial charge on any atom is -0.450 e. The molecule has 27 heavy (non-hydrogen) atoms. The molecule has 0 saturated carbocycles. The highest BCUT2D eigenvalue weighted by atomic mass is 16.6. The van der Waals surface area contributed by atoms with Crippen LogP contribution in [0.4, 0.5) is 4.79 Å². The van der Waals surface area contributed by atoms with E-state index in [2.05, 4.69) is 10.3 Å². The van der Waals surface area contributed by atoms with E-state index in [9.17, 15) is 14.4 Å². The minimum atomic E-state index is -0.322. The van der Waals surface area contributed by atoms with Crippen molar-refractivity contribution in [2.75, 3.05) is 26.2 Å². The van der Waals surface area contributed by atoms with Gasteiger partial charge in [-0.15, -0.1) is 0 Å². The highest BCUT2D eigenvalue weighted by Gasteiger charge is 2.35. The average molecular weight is 374 g/mol. The number of nitrogens with one attached hydrogen (secondary N) is 1. The molecule has 0 bridgehead atoms. The van der Waals surface area contributed by atoms with Gasteiger partial charge in [-0.1, -0.05) is 6.07 Å². The van der Waals surface area contributed by atoms with Gasteiger partial charge in [-0.25, -0.2) is 4.79 Å². The van der Waals surface area contributed by atoms with Gasteiger partial charge in [0.2, 0.25) is 11.8 Å². The number of aromatic nitrogens is 1. The summed E-state index contributed by atoms with van der Waals surface area (Å²) < 4.78 is 5.00. The molecule has 0 spiro atoms. The third-order valence-electron chi connectivity index (χ3n) is 5.05. The largest absolute Gasteiger partial charge is 0.450 e. The number of carbonyl (C=O) groups is 3. The van der Waals surface area contributed by atoms with Crippen LogP contribution in [-0.4, -0.2) is 65.0 Å². The van der Waals surface area contributed by atoms with Crippen molar-refractivity contribution in [3.8, 4) is 0 Å². The fourth-order valence-electron chi connectivity index (χ4n) is 3.55. The Morgan fingerprint density at radius 2 is 2.11 bits per heavy atom. The van der Waals surface area contributed by atoms with E-state index in [1.54, 1.807) is 29.1 Å². The van der Waals surface area contributed by atoms with E-state index in [1.807, 2.05) is 12.1 Å². The molecule has 0 aliphatic carbocycles. The second-order valence-corrected chi connectivity index (χ2v) is 7.01. The van der Waals surface area contributed by atoms with Crippen molar-refractivity contribution in [1.82, 2.24) is 20.1 Å². The van der Waals surface area contributed by atoms with Gasteiger partial charge in [-0.3, -0.25) is 14.6 Å². The first-order chi connectivity index (χ1) is 13.1. The fraction of sp³-hybridized carbons (Fsp3) is 0.579. The zero-order valence-corrected chi connectivity index (χ0v) is 15.6. The van der Waals surface area contributed by atoms with E-state index in [4.69, 9.17) is 4.74 Å². The molecule has 1 aromatic heterocycles. The molecule has 2 fully saturated rings. The van der Waals surface area contributed by atoms with Crippen molar-refractivity contribution in [1.29, 1.82) is 0 Å². The van der Waals surface area contributed by atoms with Gasteiger partial charge in [0.1, 0.15) is 0 Å². The summed E-state index contributed by atoms with van der Waals surface area (Å²) in [4.78, 5) is 44.0. The van der Waals surface area contributed by atoms with Gasteiger partial charge in [0.25, 0.3) is 0 Å². The van der Waals surface area contributed by atoms with E-state index >= 15 is 0 Å². The summed E-state index contributed by atoms with van der Waals surface area (Å²) in [5.41, 5.74) is 0.957. The Bertz CT molecular complexity index is 674. The normalized spacial score (nSPS) is 20.6. The van der Waals surface area contributed by atoms with Crippen LogP contribution >= 0.6 is 0 Å². The Morgan fingerprint density at radius 3 is 2.78 bits per heavy atom. The first kappa shape index (κ1) is 19.1. The average Bonchev–Trinajstić information content (AvgIpc) is 3.04. The van der Waals surface area contributed by atoms with Gasteiger partial charge < -0.3 is 19.9 Å². The molecule has 1 unspecified atom stereocenters. The molecule has 146 valence electrons. The molecule has 0 aromatic carbocycles. The topological polar surface area (TPSA) is 91.8 Å². The van der Waals surface area contributed by atoms with Crippen molar-refractivity contribution in [3.63, 3.8) is 0 Å². The van der Waals surface area contributed by atoms with E-state index in [-0.39, 0.29) is 36.3 Å². The smallest absolute Gasteiger partial charge is 0.409 e. The molecular weight excluding hydrogens is 348 g/mol. The van der Waals surface area contributed by atoms with Crippen LogP contribution in [0.25, 0.3) is 0 Å². The first-order valence-corrected chi connectivity index (χ1v) is 9.45. The fourth-order valence-corrected chi connectivity index (χ4v) is 3.55. The van der Waals surface area contributed by atoms with Gasteiger partial charge in [-0.2, -0.15) is 0 Å². The molecular formula is C19H26N4O4. The zero-order valence-electron chi connectivity index (χ0n) is 15.6. The Balaban J connectivity index is 1.45. The third kappa shape index (κ3) is 4.96. The molecule has 2 aliphatic rings. The number of hydrogen-bond acceptors (Lipinski definition) is 5. The van der Waals surface area contributed by atoms with Crippen molar-refractivity contribution in [2.45, 2.75) is 38.8 Å². The molecule has 3 amide bonds. The van der Waals surface area contributed by atoms with Crippen LogP contribution in [0.15, 0.2) is 24.5 Å². The molecule has 0 radical (unpaired) electrons. The minimum absolute atomic E-state index is 0.00358. The standard InChI is InChI=1S/C19H26N4O4/c1-2-27-19(26)22-8-5-16(6-9-22)21-18(25)15-10-17(24)23(13-15)12-14-4-3-7-20-11-14/h3-4,7,11,15-16H,2,5-6,8-10,12-13H2,1H3,(H,21,25). The quantitative estimate of drug-likeness (QED) is 0.835. The van der Waals surface area contributed by atoms with Crippen molar-refractivity contribution in [3.05, 3.63) is 30.1 Å². The lowest BCUT2D eigenvalue weighted by atomic mass is 10.0. The van der Waals surface area contributed by atoms with Gasteiger partial charge >= 0.3 is 6.09 Å². The summed E-state index contributed by atoms with van der Waals surface area (Å²) in [6, 6.07) is 3.79. The van der Waals surface area contributed by atoms with Gasteiger partial charge in [0.05, 0.1) is 12.5 Å². The maximum atomic E-state index is 12.6. The Labute approximate surface area is 158 Å². The lowest BCUT2D eigenvalue weighted by molar-refractivity contribution is -0.129. The Kier molecular flexibility index (Phi) is 6.26. The maximum absolute atomic E-state index is 12.6. The lowest BCUT2D eigenvalue weighted by Crippen LogP contribution is -2.48. The molecule has 1 atom stereocenters. The van der Waals surface area contributed by atoms with Crippen LogP contribution in [-0.2, 0) is 20.9 Å². The molecule has 2 aliphatic heterocycles. The van der Waals surface area contributed by atoms with Crippen LogP contribution < -0.4 is 5.32 Å². The molecule has 2 saturated heterocycles. The van der Waals surface area contributed by atoms with Crippen LogP contribution in [0.1, 0.15) is 31.7 Å². The monoisotopic (exact) mass is 374 g/mol. The molecule has 3 heterocycles. The van der Waals surface area contributed by atoms with Crippen molar-refractivity contribution < 1.29 is 19.1 Å². The molecule has 3 rings (SSSR count). The predicted molar refractivity (Wildman–Crippen MR) is 97.5 cm³/mol. The van der Waals surface area contributed by atoms with Crippen LogP contribution in [0.5, 0.6) is 0 Å². The van der Waals surface area contributed by atoms with Gasteiger partial charge in [0, 0.05) is 51.0 Å². The number of piperidine rings is 1. The number of nitrogens with zero attached hydrogens (tertiary/aromatic N) is 3. The third-order valence-corrected chi connectivity index (χ3v) is 5.05. The number of carbonyl (C=O) groups excluding carboxylic acids is 3. The van der Waals surface area contributed by atoms with Gasteiger partial charge in [0.15, 0.2) is 0 Å². The van der Waals surface area contributed by atoms with E-state index in [0.29, 0.717) is 45.6 Å². The lowest BCUT2D eigenvalue weighted by Gasteiger charge is -2.32. The summed E-state index contributed by atoms with van der Waals surface area (Å²) in [5, 5.41) is 3.05. The van der Waals surface area contributed by atoms with Crippen LogP contribution in [0.2, 0.25) is 0 Å². The summed E-state index contributed by atoms with van der Waals surface area (Å²) in [7, 11) is 0.